The predicted octanol–water partition coefficient (Wildman–Crippen LogP) is 4.99. The maximum absolute atomic E-state index is 11.8. The zero-order valence-electron chi connectivity index (χ0n) is 11.0. The molecule has 2 N–H and O–H groups in total. The Labute approximate surface area is 140 Å². The summed E-state index contributed by atoms with van der Waals surface area (Å²) in [4.78, 5) is 11.8. The number of thioether (sulfide) groups is 1. The van der Waals surface area contributed by atoms with Crippen LogP contribution in [0.5, 0.6) is 0 Å². The molecule has 5 nitrogen and oxygen atoms in total. The number of hydrogen-bond acceptors (Lipinski definition) is 5. The summed E-state index contributed by atoms with van der Waals surface area (Å²) in [7, 11) is 0. The van der Waals surface area contributed by atoms with Crippen molar-refractivity contribution in [2.75, 3.05) is 16.4 Å². The first kappa shape index (κ1) is 16.4. The minimum Gasteiger partial charge on any atom is -0.308 e. The summed E-state index contributed by atoms with van der Waals surface area (Å²) in [6.07, 6.45) is 1.06. The van der Waals surface area contributed by atoms with Crippen LogP contribution >= 0.6 is 46.3 Å². The third-order valence-electron chi connectivity index (χ3n) is 2.23. The first-order valence-electron chi connectivity index (χ1n) is 6.08. The molecule has 0 aliphatic heterocycles. The average Bonchev–Trinajstić information content (AvgIpc) is 2.88. The maximum Gasteiger partial charge on any atom is 0.325 e. The maximum atomic E-state index is 11.8. The normalized spacial score (nSPS) is 10.4. The minimum atomic E-state index is -0.406. The number of nitrogens with zero attached hydrogens (tertiary/aromatic N) is 2. The number of hydrogen-bond donors (Lipinski definition) is 2. The fraction of sp³-hybridized carbons (Fsp3) is 0.250. The molecule has 0 bridgehead atoms. The molecule has 0 unspecified atom stereocenters. The average molecular weight is 363 g/mol. The number of carbonyl (C=O) groups is 1. The van der Waals surface area contributed by atoms with Crippen LogP contribution in [0, 0.1) is 0 Å². The molecule has 9 heteroatoms. The molecule has 1 heterocycles. The van der Waals surface area contributed by atoms with Gasteiger partial charge in [-0.25, -0.2) is 4.79 Å². The Hall–Kier alpha value is -1.02. The molecule has 0 aliphatic rings. The summed E-state index contributed by atoms with van der Waals surface area (Å²) < 4.78 is 0.835. The highest BCUT2D eigenvalue weighted by molar-refractivity contribution is 8.01. The van der Waals surface area contributed by atoms with Gasteiger partial charge in [-0.2, -0.15) is 0 Å². The SMILES string of the molecule is CCCSc1nnc(NC(=O)Nc2ccc(Cl)c(Cl)c2)s1. The highest BCUT2D eigenvalue weighted by Gasteiger charge is 2.09. The van der Waals surface area contributed by atoms with Gasteiger partial charge in [0.1, 0.15) is 0 Å². The van der Waals surface area contributed by atoms with E-state index in [-0.39, 0.29) is 0 Å². The van der Waals surface area contributed by atoms with Crippen molar-refractivity contribution in [3.63, 3.8) is 0 Å². The number of amides is 2. The van der Waals surface area contributed by atoms with Crippen molar-refractivity contribution in [3.8, 4) is 0 Å². The van der Waals surface area contributed by atoms with Gasteiger partial charge in [0, 0.05) is 11.4 Å². The molecule has 1 aromatic heterocycles. The number of carbonyl (C=O) groups excluding carboxylic acids is 1. The molecule has 2 rings (SSSR count). The van der Waals surface area contributed by atoms with E-state index in [4.69, 9.17) is 23.2 Å². The van der Waals surface area contributed by atoms with Crippen LogP contribution in [0.4, 0.5) is 15.6 Å². The minimum absolute atomic E-state index is 0.378. The Bertz CT molecular complexity index is 635. The van der Waals surface area contributed by atoms with Gasteiger partial charge < -0.3 is 5.32 Å². The Morgan fingerprint density at radius 2 is 2.10 bits per heavy atom. The first-order valence-corrected chi connectivity index (χ1v) is 8.63. The van der Waals surface area contributed by atoms with E-state index in [1.54, 1.807) is 30.0 Å². The second-order valence-electron chi connectivity index (χ2n) is 3.93. The largest absolute Gasteiger partial charge is 0.325 e. The molecule has 2 aromatic rings. The molecule has 0 saturated heterocycles. The molecule has 0 radical (unpaired) electrons. The molecule has 0 spiro atoms. The number of aromatic nitrogens is 2. The van der Waals surface area contributed by atoms with Gasteiger partial charge in [0.15, 0.2) is 4.34 Å². The van der Waals surface area contributed by atoms with E-state index >= 15 is 0 Å². The number of halogens is 2. The lowest BCUT2D eigenvalue weighted by Crippen LogP contribution is -2.19. The summed E-state index contributed by atoms with van der Waals surface area (Å²) in [5, 5.41) is 14.4. The van der Waals surface area contributed by atoms with Crippen molar-refractivity contribution in [3.05, 3.63) is 28.2 Å². The van der Waals surface area contributed by atoms with Crippen molar-refractivity contribution < 1.29 is 4.79 Å². The van der Waals surface area contributed by atoms with Gasteiger partial charge in [-0.3, -0.25) is 5.32 Å². The van der Waals surface area contributed by atoms with Gasteiger partial charge in [-0.05, 0) is 24.6 Å². The summed E-state index contributed by atoms with van der Waals surface area (Å²) in [6.45, 7) is 2.10. The monoisotopic (exact) mass is 362 g/mol. The zero-order valence-corrected chi connectivity index (χ0v) is 14.2. The van der Waals surface area contributed by atoms with E-state index < -0.39 is 6.03 Å². The van der Waals surface area contributed by atoms with Gasteiger partial charge in [-0.15, -0.1) is 10.2 Å². The quantitative estimate of drug-likeness (QED) is 0.580. The van der Waals surface area contributed by atoms with Crippen LogP contribution in [-0.4, -0.2) is 22.0 Å². The van der Waals surface area contributed by atoms with Crippen LogP contribution in [0.1, 0.15) is 13.3 Å². The number of benzene rings is 1. The third kappa shape index (κ3) is 5.03. The van der Waals surface area contributed by atoms with Crippen LogP contribution in [0.25, 0.3) is 0 Å². The van der Waals surface area contributed by atoms with Crippen LogP contribution in [0.2, 0.25) is 10.0 Å². The summed E-state index contributed by atoms with van der Waals surface area (Å²) in [5.74, 6) is 0.976. The molecule has 1 aromatic carbocycles. The van der Waals surface area contributed by atoms with Gasteiger partial charge in [0.25, 0.3) is 0 Å². The van der Waals surface area contributed by atoms with E-state index in [1.165, 1.54) is 11.3 Å². The van der Waals surface area contributed by atoms with E-state index in [0.29, 0.717) is 20.9 Å². The lowest BCUT2D eigenvalue weighted by atomic mass is 10.3. The van der Waals surface area contributed by atoms with Crippen molar-refractivity contribution in [1.82, 2.24) is 10.2 Å². The molecular formula is C12H12Cl2N4OS2. The molecule has 0 saturated carbocycles. The topological polar surface area (TPSA) is 66.9 Å². The predicted molar refractivity (Wildman–Crippen MR) is 90.0 cm³/mol. The molecule has 21 heavy (non-hydrogen) atoms. The standard InChI is InChI=1S/C12H12Cl2N4OS2/c1-2-5-20-12-18-17-11(21-12)16-10(19)15-7-3-4-8(13)9(14)6-7/h3-4,6H,2,5H2,1H3,(H2,15,16,17,19). The smallest absolute Gasteiger partial charge is 0.308 e. The lowest BCUT2D eigenvalue weighted by Gasteiger charge is -2.05. The van der Waals surface area contributed by atoms with Crippen molar-refractivity contribution in [2.24, 2.45) is 0 Å². The van der Waals surface area contributed by atoms with Crippen molar-refractivity contribution in [2.45, 2.75) is 17.7 Å². The summed E-state index contributed by atoms with van der Waals surface area (Å²) in [6, 6.07) is 4.45. The highest BCUT2D eigenvalue weighted by atomic mass is 35.5. The van der Waals surface area contributed by atoms with Crippen molar-refractivity contribution >= 4 is 63.2 Å². The van der Waals surface area contributed by atoms with Crippen LogP contribution in [0.15, 0.2) is 22.5 Å². The lowest BCUT2D eigenvalue weighted by molar-refractivity contribution is 0.262. The Balaban J connectivity index is 1.91. The van der Waals surface area contributed by atoms with Crippen LogP contribution in [-0.2, 0) is 0 Å². The van der Waals surface area contributed by atoms with Gasteiger partial charge in [0.2, 0.25) is 5.13 Å². The number of urea groups is 1. The number of nitrogens with one attached hydrogen (secondary N) is 2. The second kappa shape index (κ2) is 7.84. The van der Waals surface area contributed by atoms with Crippen LogP contribution < -0.4 is 10.6 Å². The fourth-order valence-electron chi connectivity index (χ4n) is 1.34. The Kier molecular flexibility index (Phi) is 6.10. The van der Waals surface area contributed by atoms with Gasteiger partial charge in [-0.1, -0.05) is 53.2 Å². The van der Waals surface area contributed by atoms with E-state index in [9.17, 15) is 4.79 Å². The number of anilines is 2. The van der Waals surface area contributed by atoms with Crippen molar-refractivity contribution in [1.29, 1.82) is 0 Å². The highest BCUT2D eigenvalue weighted by Crippen LogP contribution is 2.27. The molecule has 0 aliphatic carbocycles. The molecule has 112 valence electrons. The van der Waals surface area contributed by atoms with Gasteiger partial charge in [0.05, 0.1) is 10.0 Å². The van der Waals surface area contributed by atoms with Crippen LogP contribution in [0.3, 0.4) is 0 Å². The number of rotatable bonds is 5. The Morgan fingerprint density at radius 3 is 2.81 bits per heavy atom. The summed E-state index contributed by atoms with van der Waals surface area (Å²) >= 11 is 14.7. The summed E-state index contributed by atoms with van der Waals surface area (Å²) in [5.41, 5.74) is 0.548. The molecule has 0 fully saturated rings. The van der Waals surface area contributed by atoms with E-state index in [1.807, 2.05) is 0 Å². The zero-order chi connectivity index (χ0) is 15.2. The van der Waals surface area contributed by atoms with Gasteiger partial charge >= 0.3 is 6.03 Å². The molecule has 2 amide bonds. The molecule has 0 atom stereocenters. The van der Waals surface area contributed by atoms with E-state index in [2.05, 4.69) is 27.8 Å². The molecular weight excluding hydrogens is 351 g/mol. The second-order valence-corrected chi connectivity index (χ2v) is 7.06. The first-order chi connectivity index (χ1) is 10.1. The third-order valence-corrected chi connectivity index (χ3v) is 5.15. The van der Waals surface area contributed by atoms with E-state index in [0.717, 1.165) is 16.5 Å². The Morgan fingerprint density at radius 1 is 1.29 bits per heavy atom. The fourth-order valence-corrected chi connectivity index (χ4v) is 3.31.